The van der Waals surface area contributed by atoms with Crippen molar-refractivity contribution in [3.63, 3.8) is 0 Å². The van der Waals surface area contributed by atoms with Gasteiger partial charge in [-0.25, -0.2) is 4.98 Å². The standard InChI is InChI=1S/C24H21N3O2S/c1-28-23-14-19(12-13-22(23)29-16-18-8-4-2-5-9-18)15-25-27-24-26-21(17-30-24)20-10-6-3-7-11-20/h2-15,17H,16H2,1H3,(H,26,27). The average Bonchev–Trinajstić information content (AvgIpc) is 3.28. The maximum Gasteiger partial charge on any atom is 0.203 e. The summed E-state index contributed by atoms with van der Waals surface area (Å²) in [6.45, 7) is 0.486. The summed E-state index contributed by atoms with van der Waals surface area (Å²) in [5.74, 6) is 1.36. The molecule has 6 heteroatoms. The van der Waals surface area contributed by atoms with Gasteiger partial charge in [0.1, 0.15) is 6.61 Å². The van der Waals surface area contributed by atoms with E-state index < -0.39 is 0 Å². The maximum atomic E-state index is 5.89. The number of anilines is 1. The van der Waals surface area contributed by atoms with Crippen molar-refractivity contribution in [3.05, 3.63) is 95.4 Å². The second-order valence-corrected chi connectivity index (χ2v) is 7.32. The molecular weight excluding hydrogens is 394 g/mol. The van der Waals surface area contributed by atoms with Crippen LogP contribution in [0.5, 0.6) is 11.5 Å². The van der Waals surface area contributed by atoms with Gasteiger partial charge in [-0.2, -0.15) is 5.10 Å². The summed E-state index contributed by atoms with van der Waals surface area (Å²) in [7, 11) is 1.63. The van der Waals surface area contributed by atoms with Crippen molar-refractivity contribution in [2.45, 2.75) is 6.61 Å². The zero-order chi connectivity index (χ0) is 20.6. The molecule has 4 rings (SSSR count). The van der Waals surface area contributed by atoms with Crippen LogP contribution in [-0.2, 0) is 6.61 Å². The number of aromatic nitrogens is 1. The largest absolute Gasteiger partial charge is 0.493 e. The molecule has 1 aromatic heterocycles. The first-order chi connectivity index (χ1) is 14.8. The molecule has 0 aliphatic carbocycles. The zero-order valence-electron chi connectivity index (χ0n) is 16.5. The van der Waals surface area contributed by atoms with Crippen LogP contribution >= 0.6 is 11.3 Å². The van der Waals surface area contributed by atoms with Crippen LogP contribution < -0.4 is 14.9 Å². The molecule has 0 radical (unpaired) electrons. The van der Waals surface area contributed by atoms with Gasteiger partial charge in [-0.1, -0.05) is 60.7 Å². The van der Waals surface area contributed by atoms with E-state index in [9.17, 15) is 0 Å². The highest BCUT2D eigenvalue weighted by Crippen LogP contribution is 2.28. The summed E-state index contributed by atoms with van der Waals surface area (Å²) >= 11 is 1.51. The topological polar surface area (TPSA) is 55.7 Å². The van der Waals surface area contributed by atoms with Gasteiger partial charge >= 0.3 is 0 Å². The van der Waals surface area contributed by atoms with Gasteiger partial charge in [-0.05, 0) is 29.3 Å². The fourth-order valence-electron chi connectivity index (χ4n) is 2.85. The number of ether oxygens (including phenoxy) is 2. The van der Waals surface area contributed by atoms with E-state index in [4.69, 9.17) is 9.47 Å². The molecule has 0 spiro atoms. The minimum atomic E-state index is 0.486. The van der Waals surface area contributed by atoms with Crippen molar-refractivity contribution in [1.29, 1.82) is 0 Å². The number of hydrazone groups is 1. The third kappa shape index (κ3) is 5.04. The van der Waals surface area contributed by atoms with Gasteiger partial charge in [-0.3, -0.25) is 5.43 Å². The van der Waals surface area contributed by atoms with E-state index in [1.165, 1.54) is 11.3 Å². The van der Waals surface area contributed by atoms with Crippen LogP contribution in [0.3, 0.4) is 0 Å². The number of hydrogen-bond acceptors (Lipinski definition) is 6. The normalized spacial score (nSPS) is 10.8. The van der Waals surface area contributed by atoms with Gasteiger partial charge < -0.3 is 9.47 Å². The van der Waals surface area contributed by atoms with Gasteiger partial charge in [0.25, 0.3) is 0 Å². The monoisotopic (exact) mass is 415 g/mol. The molecule has 0 aliphatic rings. The highest BCUT2D eigenvalue weighted by Gasteiger charge is 2.06. The second-order valence-electron chi connectivity index (χ2n) is 6.46. The van der Waals surface area contributed by atoms with Crippen molar-refractivity contribution in [3.8, 4) is 22.8 Å². The lowest BCUT2D eigenvalue weighted by Gasteiger charge is -2.11. The minimum absolute atomic E-state index is 0.486. The second kappa shape index (κ2) is 9.71. The SMILES string of the molecule is COc1cc(C=NNc2nc(-c3ccccc3)cs2)ccc1OCc1ccccc1. The van der Waals surface area contributed by atoms with Crippen molar-refractivity contribution >= 4 is 22.7 Å². The first kappa shape index (κ1) is 19.7. The Hall–Kier alpha value is -3.64. The van der Waals surface area contributed by atoms with Crippen LogP contribution in [0.2, 0.25) is 0 Å². The number of thiazole rings is 1. The summed E-state index contributed by atoms with van der Waals surface area (Å²) in [6.07, 6.45) is 1.73. The smallest absolute Gasteiger partial charge is 0.203 e. The Bertz CT molecular complexity index is 1110. The molecule has 0 unspecified atom stereocenters. The first-order valence-electron chi connectivity index (χ1n) is 9.46. The van der Waals surface area contributed by atoms with Crippen LogP contribution in [0.15, 0.2) is 89.3 Å². The molecule has 3 aromatic carbocycles. The summed E-state index contributed by atoms with van der Waals surface area (Å²) in [5, 5.41) is 7.04. The van der Waals surface area contributed by atoms with Crippen molar-refractivity contribution in [2.24, 2.45) is 5.10 Å². The Balaban J connectivity index is 1.38. The van der Waals surface area contributed by atoms with E-state index in [1.54, 1.807) is 13.3 Å². The molecule has 5 nitrogen and oxygen atoms in total. The molecule has 30 heavy (non-hydrogen) atoms. The van der Waals surface area contributed by atoms with E-state index in [0.717, 1.165) is 27.5 Å². The Labute approximate surface area is 179 Å². The van der Waals surface area contributed by atoms with Crippen LogP contribution in [0.4, 0.5) is 5.13 Å². The Morgan fingerprint density at radius 1 is 0.967 bits per heavy atom. The third-order valence-corrected chi connectivity index (χ3v) is 5.12. The average molecular weight is 416 g/mol. The quantitative estimate of drug-likeness (QED) is 0.290. The van der Waals surface area contributed by atoms with Gasteiger partial charge in [0.05, 0.1) is 19.0 Å². The lowest BCUT2D eigenvalue weighted by atomic mass is 10.2. The molecule has 0 aliphatic heterocycles. The van der Waals surface area contributed by atoms with Gasteiger partial charge in [-0.15, -0.1) is 11.3 Å². The fourth-order valence-corrected chi connectivity index (χ4v) is 3.52. The van der Waals surface area contributed by atoms with Crippen LogP contribution in [0, 0.1) is 0 Å². The number of hydrogen-bond donors (Lipinski definition) is 1. The third-order valence-electron chi connectivity index (χ3n) is 4.37. The van der Waals surface area contributed by atoms with Crippen LogP contribution in [0.25, 0.3) is 11.3 Å². The number of rotatable bonds is 8. The van der Waals surface area contributed by atoms with E-state index in [1.807, 2.05) is 84.2 Å². The van der Waals surface area contributed by atoms with Gasteiger partial charge in [0, 0.05) is 10.9 Å². The molecule has 0 fully saturated rings. The molecule has 1 N–H and O–H groups in total. The number of nitrogens with one attached hydrogen (secondary N) is 1. The Kier molecular flexibility index (Phi) is 6.37. The van der Waals surface area contributed by atoms with E-state index >= 15 is 0 Å². The Morgan fingerprint density at radius 3 is 2.50 bits per heavy atom. The lowest BCUT2D eigenvalue weighted by Crippen LogP contribution is -1.98. The molecule has 150 valence electrons. The summed E-state index contributed by atoms with van der Waals surface area (Å²) < 4.78 is 11.4. The van der Waals surface area contributed by atoms with E-state index in [0.29, 0.717) is 18.1 Å². The number of benzene rings is 3. The molecule has 1 heterocycles. The van der Waals surface area contributed by atoms with Crippen LogP contribution in [-0.4, -0.2) is 18.3 Å². The highest BCUT2D eigenvalue weighted by atomic mass is 32.1. The summed E-state index contributed by atoms with van der Waals surface area (Å²) in [5.41, 5.74) is 7.00. The molecule has 0 saturated carbocycles. The molecular formula is C24H21N3O2S. The van der Waals surface area contributed by atoms with Gasteiger partial charge in [0.15, 0.2) is 11.5 Å². The van der Waals surface area contributed by atoms with Crippen molar-refractivity contribution in [2.75, 3.05) is 12.5 Å². The fraction of sp³-hybridized carbons (Fsp3) is 0.0833. The van der Waals surface area contributed by atoms with Gasteiger partial charge in [0.2, 0.25) is 5.13 Å². The van der Waals surface area contributed by atoms with Crippen molar-refractivity contribution < 1.29 is 9.47 Å². The summed E-state index contributed by atoms with van der Waals surface area (Å²) in [4.78, 5) is 4.56. The zero-order valence-corrected chi connectivity index (χ0v) is 17.3. The molecule has 0 bridgehead atoms. The molecule has 0 atom stereocenters. The van der Waals surface area contributed by atoms with Crippen LogP contribution in [0.1, 0.15) is 11.1 Å². The minimum Gasteiger partial charge on any atom is -0.493 e. The maximum absolute atomic E-state index is 5.89. The molecule has 4 aromatic rings. The molecule has 0 amide bonds. The summed E-state index contributed by atoms with van der Waals surface area (Å²) in [6, 6.07) is 25.8. The number of methoxy groups -OCH3 is 1. The predicted octanol–water partition coefficient (Wildman–Crippen LogP) is 5.84. The van der Waals surface area contributed by atoms with Crippen molar-refractivity contribution in [1.82, 2.24) is 4.98 Å². The Morgan fingerprint density at radius 2 is 1.73 bits per heavy atom. The number of nitrogens with zero attached hydrogens (tertiary/aromatic N) is 2. The first-order valence-corrected chi connectivity index (χ1v) is 10.3. The lowest BCUT2D eigenvalue weighted by molar-refractivity contribution is 0.284. The van der Waals surface area contributed by atoms with E-state index in [-0.39, 0.29) is 0 Å². The highest BCUT2D eigenvalue weighted by molar-refractivity contribution is 7.14. The predicted molar refractivity (Wildman–Crippen MR) is 123 cm³/mol. The van der Waals surface area contributed by atoms with E-state index in [2.05, 4.69) is 15.5 Å². The molecule has 0 saturated heterocycles.